The van der Waals surface area contributed by atoms with Crippen molar-refractivity contribution in [3.05, 3.63) is 52.8 Å². The number of benzene rings is 2. The molecule has 158 valence electrons. The Balaban J connectivity index is 1.69. The molecule has 0 radical (unpaired) electrons. The predicted octanol–water partition coefficient (Wildman–Crippen LogP) is 2.66. The summed E-state index contributed by atoms with van der Waals surface area (Å²) in [7, 11) is 0. The first-order valence-corrected chi connectivity index (χ1v) is 9.69. The monoisotopic (exact) mass is 420 g/mol. The highest BCUT2D eigenvalue weighted by molar-refractivity contribution is 5.77. The minimum Gasteiger partial charge on any atom is -0.493 e. The van der Waals surface area contributed by atoms with E-state index in [0.29, 0.717) is 35.9 Å². The lowest BCUT2D eigenvalue weighted by molar-refractivity contribution is -0.136. The van der Waals surface area contributed by atoms with Gasteiger partial charge in [0.25, 0.3) is 5.56 Å². The number of carboxylic acids is 1. The van der Waals surface area contributed by atoms with E-state index in [0.717, 1.165) is 16.8 Å². The van der Waals surface area contributed by atoms with Gasteiger partial charge in [0.2, 0.25) is 0 Å². The van der Waals surface area contributed by atoms with E-state index < -0.39 is 5.97 Å². The van der Waals surface area contributed by atoms with Gasteiger partial charge in [0.15, 0.2) is 11.2 Å². The number of fused-ring (bicyclic) bond motifs is 1. The van der Waals surface area contributed by atoms with Crippen molar-refractivity contribution >= 4 is 22.8 Å². The number of carbonyl (C=O) groups is 1. The lowest BCUT2D eigenvalue weighted by Gasteiger charge is -2.13. The van der Waals surface area contributed by atoms with Crippen LogP contribution in [0.25, 0.3) is 33.7 Å². The Morgan fingerprint density at radius 2 is 2.03 bits per heavy atom. The van der Waals surface area contributed by atoms with Gasteiger partial charge >= 0.3 is 5.97 Å². The molecule has 0 aliphatic heterocycles. The maximum absolute atomic E-state index is 12.3. The molecule has 0 aliphatic rings. The van der Waals surface area contributed by atoms with E-state index in [2.05, 4.69) is 30.7 Å². The maximum Gasteiger partial charge on any atom is 0.305 e. The van der Waals surface area contributed by atoms with Gasteiger partial charge in [-0.05, 0) is 42.3 Å². The number of rotatable bonds is 8. The van der Waals surface area contributed by atoms with Crippen LogP contribution in [0.3, 0.4) is 0 Å². The molecular weight excluding hydrogens is 400 g/mol. The molecule has 2 aromatic heterocycles. The maximum atomic E-state index is 12.3. The second-order valence-electron chi connectivity index (χ2n) is 6.72. The fourth-order valence-corrected chi connectivity index (χ4v) is 3.18. The van der Waals surface area contributed by atoms with Crippen LogP contribution in [0.2, 0.25) is 0 Å². The Hall–Kier alpha value is -4.21. The van der Waals surface area contributed by atoms with Crippen molar-refractivity contribution in [2.45, 2.75) is 13.3 Å². The number of aromatic amines is 2. The molecule has 0 saturated carbocycles. The van der Waals surface area contributed by atoms with E-state index >= 15 is 0 Å². The number of carboxylic acid groups (broad SMARTS) is 1. The Labute approximate surface area is 176 Å². The highest BCUT2D eigenvalue weighted by atomic mass is 16.5. The first kappa shape index (κ1) is 20.1. The molecular formula is C21H20N6O4. The molecule has 4 rings (SSSR count). The summed E-state index contributed by atoms with van der Waals surface area (Å²) in [5.74, 6) is 0.0678. The molecule has 2 heterocycles. The predicted molar refractivity (Wildman–Crippen MR) is 115 cm³/mol. The van der Waals surface area contributed by atoms with Crippen molar-refractivity contribution in [1.29, 1.82) is 0 Å². The number of hydrogen-bond acceptors (Lipinski definition) is 7. The first-order chi connectivity index (χ1) is 15.0. The van der Waals surface area contributed by atoms with Crippen LogP contribution in [0.1, 0.15) is 13.3 Å². The smallest absolute Gasteiger partial charge is 0.305 e. The fraction of sp³-hybridized carbons (Fsp3) is 0.190. The van der Waals surface area contributed by atoms with Gasteiger partial charge in [-0.3, -0.25) is 9.59 Å². The summed E-state index contributed by atoms with van der Waals surface area (Å²) in [6.07, 6.45) is 0.0365. The standard InChI is InChI=1S/C21H20N6O4/c1-2-31-16-11-13(12-4-3-5-14(10-12)22-9-8-17(28)29)6-7-15(16)19-23-20-18(21(30)24-19)25-27-26-20/h3-7,10-11,22H,2,8-9H2,1H3,(H,28,29)(H2,23,24,25,26,27,30). The van der Waals surface area contributed by atoms with Gasteiger partial charge in [-0.2, -0.15) is 0 Å². The number of nitrogens with one attached hydrogen (secondary N) is 3. The van der Waals surface area contributed by atoms with Crippen LogP contribution in [-0.2, 0) is 4.79 Å². The number of ether oxygens (including phenoxy) is 1. The molecule has 4 N–H and O–H groups in total. The van der Waals surface area contributed by atoms with Crippen LogP contribution in [0.5, 0.6) is 5.75 Å². The lowest BCUT2D eigenvalue weighted by atomic mass is 10.0. The number of nitrogens with zero attached hydrogens (tertiary/aromatic N) is 3. The average Bonchev–Trinajstić information content (AvgIpc) is 3.23. The van der Waals surface area contributed by atoms with Gasteiger partial charge in [-0.15, -0.1) is 5.10 Å². The zero-order valence-electron chi connectivity index (χ0n) is 16.7. The summed E-state index contributed by atoms with van der Waals surface area (Å²) in [6.45, 7) is 2.65. The van der Waals surface area contributed by atoms with E-state index in [1.54, 1.807) is 0 Å². The van der Waals surface area contributed by atoms with Crippen LogP contribution in [0, 0.1) is 0 Å². The third kappa shape index (κ3) is 4.37. The van der Waals surface area contributed by atoms with Gasteiger partial charge < -0.3 is 20.1 Å². The Morgan fingerprint density at radius 1 is 1.19 bits per heavy atom. The molecule has 0 unspecified atom stereocenters. The summed E-state index contributed by atoms with van der Waals surface area (Å²) in [4.78, 5) is 30.1. The third-order valence-corrected chi connectivity index (χ3v) is 4.60. The molecule has 4 aromatic rings. The Kier molecular flexibility index (Phi) is 5.61. The molecule has 0 amide bonds. The number of H-pyrrole nitrogens is 2. The molecule has 0 bridgehead atoms. The summed E-state index contributed by atoms with van der Waals surface area (Å²) >= 11 is 0. The number of anilines is 1. The van der Waals surface area contributed by atoms with Gasteiger partial charge in [-0.1, -0.05) is 23.4 Å². The van der Waals surface area contributed by atoms with E-state index in [9.17, 15) is 9.59 Å². The van der Waals surface area contributed by atoms with Crippen LogP contribution >= 0.6 is 0 Å². The number of aromatic nitrogens is 5. The second-order valence-corrected chi connectivity index (χ2v) is 6.72. The number of hydrogen-bond donors (Lipinski definition) is 4. The summed E-state index contributed by atoms with van der Waals surface area (Å²) < 4.78 is 5.82. The quantitative estimate of drug-likeness (QED) is 0.340. The van der Waals surface area contributed by atoms with E-state index in [1.165, 1.54) is 0 Å². The van der Waals surface area contributed by atoms with Gasteiger partial charge in [0.1, 0.15) is 11.6 Å². The zero-order chi connectivity index (χ0) is 21.8. The molecule has 10 nitrogen and oxygen atoms in total. The molecule has 0 saturated heterocycles. The summed E-state index contributed by atoms with van der Waals surface area (Å²) in [5, 5.41) is 21.9. The molecule has 31 heavy (non-hydrogen) atoms. The second kappa shape index (κ2) is 8.66. The van der Waals surface area contributed by atoms with Gasteiger partial charge in [-0.25, -0.2) is 10.1 Å². The van der Waals surface area contributed by atoms with Crippen molar-refractivity contribution in [3.63, 3.8) is 0 Å². The summed E-state index contributed by atoms with van der Waals surface area (Å²) in [5.41, 5.74) is 3.35. The minimum absolute atomic E-state index is 0.0365. The first-order valence-electron chi connectivity index (χ1n) is 9.69. The highest BCUT2D eigenvalue weighted by Crippen LogP contribution is 2.33. The van der Waals surface area contributed by atoms with Crippen molar-refractivity contribution in [2.24, 2.45) is 0 Å². The molecule has 10 heteroatoms. The van der Waals surface area contributed by atoms with E-state index in [1.807, 2.05) is 49.4 Å². The minimum atomic E-state index is -0.851. The van der Waals surface area contributed by atoms with Crippen LogP contribution < -0.4 is 15.6 Å². The van der Waals surface area contributed by atoms with Crippen molar-refractivity contribution in [1.82, 2.24) is 25.4 Å². The van der Waals surface area contributed by atoms with Crippen molar-refractivity contribution in [2.75, 3.05) is 18.5 Å². The van der Waals surface area contributed by atoms with Crippen LogP contribution in [-0.4, -0.2) is 49.6 Å². The zero-order valence-corrected chi connectivity index (χ0v) is 16.7. The van der Waals surface area contributed by atoms with E-state index in [-0.39, 0.29) is 17.5 Å². The van der Waals surface area contributed by atoms with Crippen molar-refractivity contribution < 1.29 is 14.6 Å². The normalized spacial score (nSPS) is 10.9. The Bertz CT molecular complexity index is 1300. The third-order valence-electron chi connectivity index (χ3n) is 4.60. The Morgan fingerprint density at radius 3 is 2.84 bits per heavy atom. The van der Waals surface area contributed by atoms with Gasteiger partial charge in [0, 0.05) is 12.2 Å². The fourth-order valence-electron chi connectivity index (χ4n) is 3.18. The topological polar surface area (TPSA) is 146 Å². The van der Waals surface area contributed by atoms with E-state index in [4.69, 9.17) is 9.84 Å². The SMILES string of the molecule is CCOc1cc(-c2cccc(NCCC(=O)O)c2)ccc1-c1nc2[nH]nnc2c(=O)[nH]1. The molecule has 2 aromatic carbocycles. The van der Waals surface area contributed by atoms with Crippen LogP contribution in [0.4, 0.5) is 5.69 Å². The lowest BCUT2D eigenvalue weighted by Crippen LogP contribution is -2.10. The molecule has 0 atom stereocenters. The van der Waals surface area contributed by atoms with Crippen molar-refractivity contribution in [3.8, 4) is 28.3 Å². The highest BCUT2D eigenvalue weighted by Gasteiger charge is 2.14. The largest absolute Gasteiger partial charge is 0.493 e. The molecule has 0 fully saturated rings. The summed E-state index contributed by atoms with van der Waals surface area (Å²) in [6, 6.07) is 13.3. The average molecular weight is 420 g/mol. The molecule has 0 aliphatic carbocycles. The van der Waals surface area contributed by atoms with Crippen LogP contribution in [0.15, 0.2) is 47.3 Å². The molecule has 0 spiro atoms. The van der Waals surface area contributed by atoms with Gasteiger partial charge in [0.05, 0.1) is 18.6 Å². The number of aliphatic carboxylic acids is 1.